The molecule has 2 aromatic rings. The number of thioether (sulfide) groups is 1. The van der Waals surface area contributed by atoms with Crippen LogP contribution in [0.5, 0.6) is 0 Å². The largest absolute Gasteiger partial charge is 0.321 e. The van der Waals surface area contributed by atoms with Crippen LogP contribution in [0.25, 0.3) is 0 Å². The lowest BCUT2D eigenvalue weighted by Gasteiger charge is -2.23. The van der Waals surface area contributed by atoms with Crippen LogP contribution in [0, 0.1) is 13.8 Å². The Labute approximate surface area is 127 Å². The van der Waals surface area contributed by atoms with Crippen molar-refractivity contribution in [3.63, 3.8) is 0 Å². The van der Waals surface area contributed by atoms with Crippen LogP contribution in [0.3, 0.4) is 0 Å². The molecule has 1 saturated heterocycles. The summed E-state index contributed by atoms with van der Waals surface area (Å²) < 4.78 is 0. The molecule has 2 heterocycles. The first-order valence-electron chi connectivity index (χ1n) is 6.71. The Hall–Kier alpha value is -1.26. The van der Waals surface area contributed by atoms with Gasteiger partial charge in [-0.25, -0.2) is 0 Å². The van der Waals surface area contributed by atoms with Crippen molar-refractivity contribution in [2.45, 2.75) is 19.2 Å². The summed E-state index contributed by atoms with van der Waals surface area (Å²) in [4.78, 5) is 17.4. The lowest BCUT2D eigenvalue weighted by molar-refractivity contribution is 0.0761. The van der Waals surface area contributed by atoms with Crippen LogP contribution in [0.1, 0.15) is 31.0 Å². The Kier molecular flexibility index (Phi) is 3.85. The summed E-state index contributed by atoms with van der Waals surface area (Å²) in [6.07, 6.45) is 0. The second kappa shape index (κ2) is 5.62. The van der Waals surface area contributed by atoms with E-state index in [1.54, 1.807) is 11.3 Å². The van der Waals surface area contributed by atoms with Gasteiger partial charge in [0.15, 0.2) is 0 Å². The number of hydrogen-bond donors (Lipinski definition) is 0. The highest BCUT2D eigenvalue weighted by atomic mass is 32.2. The minimum Gasteiger partial charge on any atom is -0.321 e. The fourth-order valence-corrected chi connectivity index (χ4v) is 4.84. The van der Waals surface area contributed by atoms with Crippen molar-refractivity contribution in [2.75, 3.05) is 12.3 Å². The minimum atomic E-state index is 0.157. The van der Waals surface area contributed by atoms with E-state index < -0.39 is 0 Å². The summed E-state index contributed by atoms with van der Waals surface area (Å²) >= 11 is 3.65. The number of benzene rings is 1. The van der Waals surface area contributed by atoms with E-state index in [1.165, 1.54) is 9.75 Å². The Balaban J connectivity index is 1.89. The number of rotatable bonds is 2. The van der Waals surface area contributed by atoms with Gasteiger partial charge in [0.1, 0.15) is 5.37 Å². The average molecular weight is 303 g/mol. The minimum absolute atomic E-state index is 0.157. The molecule has 0 radical (unpaired) electrons. The third kappa shape index (κ3) is 2.50. The van der Waals surface area contributed by atoms with Gasteiger partial charge in [0, 0.05) is 27.6 Å². The Morgan fingerprint density at radius 3 is 2.70 bits per heavy atom. The van der Waals surface area contributed by atoms with Gasteiger partial charge in [-0.05, 0) is 37.6 Å². The monoisotopic (exact) mass is 303 g/mol. The topological polar surface area (TPSA) is 20.3 Å². The molecule has 1 amide bonds. The van der Waals surface area contributed by atoms with Gasteiger partial charge in [0.25, 0.3) is 5.91 Å². The van der Waals surface area contributed by atoms with Crippen molar-refractivity contribution in [1.29, 1.82) is 0 Å². The zero-order chi connectivity index (χ0) is 14.1. The van der Waals surface area contributed by atoms with Crippen LogP contribution in [0.2, 0.25) is 0 Å². The number of nitrogens with zero attached hydrogens (tertiary/aromatic N) is 1. The first-order chi connectivity index (χ1) is 9.66. The Bertz CT molecular complexity index is 635. The molecular weight excluding hydrogens is 286 g/mol. The van der Waals surface area contributed by atoms with Gasteiger partial charge in [0.2, 0.25) is 0 Å². The number of carbonyl (C=O) groups is 1. The molecule has 0 bridgehead atoms. The summed E-state index contributed by atoms with van der Waals surface area (Å²) in [6, 6.07) is 12.1. The van der Waals surface area contributed by atoms with Gasteiger partial charge in [0.05, 0.1) is 0 Å². The Morgan fingerprint density at radius 2 is 2.00 bits per heavy atom. The molecule has 3 rings (SSSR count). The van der Waals surface area contributed by atoms with Crippen molar-refractivity contribution in [3.05, 3.63) is 57.3 Å². The lowest BCUT2D eigenvalue weighted by Crippen LogP contribution is -2.30. The van der Waals surface area contributed by atoms with Crippen molar-refractivity contribution < 1.29 is 4.79 Å². The molecule has 1 aliphatic heterocycles. The zero-order valence-corrected chi connectivity index (χ0v) is 13.3. The van der Waals surface area contributed by atoms with E-state index >= 15 is 0 Å². The van der Waals surface area contributed by atoms with Crippen LogP contribution in [-0.4, -0.2) is 23.1 Å². The molecule has 4 heteroatoms. The molecule has 0 saturated carbocycles. The van der Waals surface area contributed by atoms with E-state index in [0.717, 1.165) is 23.4 Å². The third-order valence-electron chi connectivity index (χ3n) is 3.53. The first-order valence-corrected chi connectivity index (χ1v) is 8.58. The van der Waals surface area contributed by atoms with Crippen molar-refractivity contribution in [1.82, 2.24) is 4.90 Å². The summed E-state index contributed by atoms with van der Waals surface area (Å²) in [5, 5.41) is 0.181. The molecule has 0 N–H and O–H groups in total. The predicted octanol–water partition coefficient (Wildman–Crippen LogP) is 4.25. The van der Waals surface area contributed by atoms with Crippen LogP contribution in [0.4, 0.5) is 0 Å². The van der Waals surface area contributed by atoms with Gasteiger partial charge >= 0.3 is 0 Å². The molecule has 1 aromatic carbocycles. The normalized spacial score (nSPS) is 18.5. The number of amides is 1. The molecule has 0 spiro atoms. The Morgan fingerprint density at radius 1 is 1.20 bits per heavy atom. The van der Waals surface area contributed by atoms with Gasteiger partial charge in [-0.3, -0.25) is 4.79 Å². The van der Waals surface area contributed by atoms with Gasteiger partial charge < -0.3 is 4.90 Å². The highest BCUT2D eigenvalue weighted by Gasteiger charge is 2.32. The summed E-state index contributed by atoms with van der Waals surface area (Å²) in [5.41, 5.74) is 1.88. The molecule has 1 atom stereocenters. The van der Waals surface area contributed by atoms with E-state index in [1.807, 2.05) is 47.9 Å². The quantitative estimate of drug-likeness (QED) is 0.826. The van der Waals surface area contributed by atoms with Crippen LogP contribution >= 0.6 is 23.1 Å². The summed E-state index contributed by atoms with van der Waals surface area (Å²) in [7, 11) is 0. The molecule has 20 heavy (non-hydrogen) atoms. The number of aryl methyl sites for hydroxylation is 2. The second-order valence-corrected chi connectivity index (χ2v) is 7.49. The third-order valence-corrected chi connectivity index (χ3v) is 5.98. The van der Waals surface area contributed by atoms with Gasteiger partial charge in [-0.2, -0.15) is 0 Å². The van der Waals surface area contributed by atoms with E-state index in [4.69, 9.17) is 0 Å². The van der Waals surface area contributed by atoms with E-state index in [9.17, 15) is 4.79 Å². The molecule has 1 aromatic heterocycles. The lowest BCUT2D eigenvalue weighted by atomic mass is 10.1. The van der Waals surface area contributed by atoms with E-state index in [2.05, 4.69) is 19.1 Å². The number of thiophene rings is 1. The fraction of sp³-hybridized carbons (Fsp3) is 0.312. The van der Waals surface area contributed by atoms with Crippen molar-refractivity contribution in [3.8, 4) is 0 Å². The maximum atomic E-state index is 12.8. The van der Waals surface area contributed by atoms with Crippen LogP contribution in [0.15, 0.2) is 36.4 Å². The number of carbonyl (C=O) groups excluding carboxylic acids is 1. The summed E-state index contributed by atoms with van der Waals surface area (Å²) in [5.74, 6) is 1.17. The van der Waals surface area contributed by atoms with Crippen LogP contribution < -0.4 is 0 Å². The maximum absolute atomic E-state index is 12.8. The average Bonchev–Trinajstić information content (AvgIpc) is 3.06. The van der Waals surface area contributed by atoms with E-state index in [0.29, 0.717) is 0 Å². The van der Waals surface area contributed by atoms with Crippen LogP contribution in [-0.2, 0) is 0 Å². The molecule has 1 fully saturated rings. The second-order valence-electron chi connectivity index (χ2n) is 4.99. The molecule has 1 unspecified atom stereocenters. The zero-order valence-electron chi connectivity index (χ0n) is 11.6. The maximum Gasteiger partial charge on any atom is 0.255 e. The molecule has 0 aliphatic carbocycles. The van der Waals surface area contributed by atoms with Crippen molar-refractivity contribution in [2.24, 2.45) is 0 Å². The van der Waals surface area contributed by atoms with Gasteiger partial charge in [-0.1, -0.05) is 18.2 Å². The van der Waals surface area contributed by atoms with Gasteiger partial charge in [-0.15, -0.1) is 23.1 Å². The summed E-state index contributed by atoms with van der Waals surface area (Å²) in [6.45, 7) is 4.95. The first kappa shape index (κ1) is 13.7. The standard InChI is InChI=1S/C16H17NOS2/c1-11-5-3-4-6-13(11)15(18)17-9-10-19-16(17)14-8-7-12(2)20-14/h3-8,16H,9-10H2,1-2H3. The fourth-order valence-electron chi connectivity index (χ4n) is 2.47. The smallest absolute Gasteiger partial charge is 0.255 e. The van der Waals surface area contributed by atoms with Crippen molar-refractivity contribution >= 4 is 29.0 Å². The SMILES string of the molecule is Cc1ccc(C2SCCN2C(=O)c2ccccc2C)s1. The highest BCUT2D eigenvalue weighted by Crippen LogP contribution is 2.41. The predicted molar refractivity (Wildman–Crippen MR) is 86.5 cm³/mol. The highest BCUT2D eigenvalue weighted by molar-refractivity contribution is 7.99. The molecule has 104 valence electrons. The molecular formula is C16H17NOS2. The molecule has 1 aliphatic rings. The van der Waals surface area contributed by atoms with E-state index in [-0.39, 0.29) is 11.3 Å². The molecule has 2 nitrogen and oxygen atoms in total. The number of hydrogen-bond acceptors (Lipinski definition) is 3.